The molecule has 0 aromatic heterocycles. The standard InChI is InChI=1S/C20H31N3O3/c1-14(2)11-18(23-20(21)25)19(24)22-16-8-6-7-15(12-16)13-26-17-9-4-3-5-10-17/h6-8,12,14,17-18H,3-5,9-11,13H2,1-2H3,(H,22,24)(H3,21,23,25). The van der Waals surface area contributed by atoms with Gasteiger partial charge >= 0.3 is 6.03 Å². The summed E-state index contributed by atoms with van der Waals surface area (Å²) in [6, 6.07) is 6.30. The van der Waals surface area contributed by atoms with Crippen molar-refractivity contribution in [3.8, 4) is 0 Å². The lowest BCUT2D eigenvalue weighted by molar-refractivity contribution is -0.118. The third-order valence-electron chi connectivity index (χ3n) is 4.57. The van der Waals surface area contributed by atoms with Crippen LogP contribution in [0.3, 0.4) is 0 Å². The molecule has 1 aromatic carbocycles. The number of carbonyl (C=O) groups is 2. The normalized spacial score (nSPS) is 16.3. The van der Waals surface area contributed by atoms with Gasteiger partial charge < -0.3 is 21.1 Å². The fourth-order valence-electron chi connectivity index (χ4n) is 3.29. The van der Waals surface area contributed by atoms with Crippen molar-refractivity contribution in [3.05, 3.63) is 29.8 Å². The van der Waals surface area contributed by atoms with Crippen molar-refractivity contribution in [3.63, 3.8) is 0 Å². The predicted octanol–water partition coefficient (Wildman–Crippen LogP) is 3.56. The number of carbonyl (C=O) groups excluding carboxylic acids is 2. The highest BCUT2D eigenvalue weighted by molar-refractivity contribution is 5.96. The Morgan fingerprint density at radius 3 is 2.62 bits per heavy atom. The Hall–Kier alpha value is -2.08. The van der Waals surface area contributed by atoms with Crippen molar-refractivity contribution in [1.82, 2.24) is 5.32 Å². The molecule has 6 nitrogen and oxygen atoms in total. The molecule has 6 heteroatoms. The first-order valence-electron chi connectivity index (χ1n) is 9.51. The molecule has 0 heterocycles. The van der Waals surface area contributed by atoms with Gasteiger partial charge in [0.05, 0.1) is 12.7 Å². The Kier molecular flexibility index (Phi) is 7.91. The molecule has 0 radical (unpaired) electrons. The molecule has 1 aliphatic rings. The van der Waals surface area contributed by atoms with E-state index in [-0.39, 0.29) is 11.8 Å². The highest BCUT2D eigenvalue weighted by atomic mass is 16.5. The highest BCUT2D eigenvalue weighted by Crippen LogP contribution is 2.22. The van der Waals surface area contributed by atoms with E-state index in [2.05, 4.69) is 10.6 Å². The van der Waals surface area contributed by atoms with Crippen LogP contribution in [0.15, 0.2) is 24.3 Å². The van der Waals surface area contributed by atoms with E-state index in [1.165, 1.54) is 19.3 Å². The topological polar surface area (TPSA) is 93.5 Å². The molecule has 3 amide bonds. The van der Waals surface area contributed by atoms with Crippen LogP contribution in [0, 0.1) is 5.92 Å². The van der Waals surface area contributed by atoms with Gasteiger partial charge in [-0.05, 0) is 42.9 Å². The summed E-state index contributed by atoms with van der Waals surface area (Å²) in [4.78, 5) is 23.6. The van der Waals surface area contributed by atoms with Crippen molar-refractivity contribution in [2.75, 3.05) is 5.32 Å². The number of anilines is 1. The minimum atomic E-state index is -0.694. The number of hydrogen-bond acceptors (Lipinski definition) is 3. The van der Waals surface area contributed by atoms with E-state index in [0.29, 0.717) is 24.8 Å². The number of ether oxygens (including phenoxy) is 1. The minimum absolute atomic E-state index is 0.257. The van der Waals surface area contributed by atoms with Crippen molar-refractivity contribution < 1.29 is 14.3 Å². The van der Waals surface area contributed by atoms with Gasteiger partial charge in [-0.15, -0.1) is 0 Å². The number of nitrogens with two attached hydrogens (primary N) is 1. The van der Waals surface area contributed by atoms with Crippen molar-refractivity contribution >= 4 is 17.6 Å². The van der Waals surface area contributed by atoms with E-state index in [1.807, 2.05) is 38.1 Å². The first-order chi connectivity index (χ1) is 12.4. The molecule has 0 saturated heterocycles. The SMILES string of the molecule is CC(C)CC(NC(N)=O)C(=O)Nc1cccc(COC2CCCCC2)c1. The zero-order chi connectivity index (χ0) is 18.9. The molecule has 1 saturated carbocycles. The molecule has 0 spiro atoms. The third-order valence-corrected chi connectivity index (χ3v) is 4.57. The van der Waals surface area contributed by atoms with Gasteiger partial charge in [-0.2, -0.15) is 0 Å². The molecule has 1 aliphatic carbocycles. The molecule has 26 heavy (non-hydrogen) atoms. The maximum atomic E-state index is 12.5. The zero-order valence-corrected chi connectivity index (χ0v) is 15.8. The molecule has 0 bridgehead atoms. The summed E-state index contributed by atoms with van der Waals surface area (Å²) in [6.07, 6.45) is 6.92. The zero-order valence-electron chi connectivity index (χ0n) is 15.8. The maximum Gasteiger partial charge on any atom is 0.312 e. The number of hydrogen-bond donors (Lipinski definition) is 3. The fourth-order valence-corrected chi connectivity index (χ4v) is 3.29. The first kappa shape index (κ1) is 20.2. The Balaban J connectivity index is 1.92. The summed E-state index contributed by atoms with van der Waals surface area (Å²) < 4.78 is 6.00. The van der Waals surface area contributed by atoms with Gasteiger partial charge in [0.25, 0.3) is 0 Å². The van der Waals surface area contributed by atoms with Crippen LogP contribution in [-0.4, -0.2) is 24.1 Å². The average molecular weight is 361 g/mol. The molecule has 1 aromatic rings. The second kappa shape index (κ2) is 10.2. The molecule has 1 unspecified atom stereocenters. The molecule has 0 aliphatic heterocycles. The smallest absolute Gasteiger partial charge is 0.312 e. The quantitative estimate of drug-likeness (QED) is 0.661. The Bertz CT molecular complexity index is 598. The van der Waals surface area contributed by atoms with Gasteiger partial charge in [-0.25, -0.2) is 4.79 Å². The average Bonchev–Trinajstić information content (AvgIpc) is 2.60. The van der Waals surface area contributed by atoms with Gasteiger partial charge in [0.2, 0.25) is 5.91 Å². The van der Waals surface area contributed by atoms with E-state index in [0.717, 1.165) is 18.4 Å². The summed E-state index contributed by atoms with van der Waals surface area (Å²) in [5, 5.41) is 5.38. The van der Waals surface area contributed by atoms with Crippen LogP contribution < -0.4 is 16.4 Å². The van der Waals surface area contributed by atoms with Crippen LogP contribution in [-0.2, 0) is 16.1 Å². The van der Waals surface area contributed by atoms with Gasteiger partial charge in [0, 0.05) is 5.69 Å². The van der Waals surface area contributed by atoms with E-state index in [1.54, 1.807) is 0 Å². The Morgan fingerprint density at radius 1 is 1.23 bits per heavy atom. The van der Waals surface area contributed by atoms with Crippen LogP contribution in [0.2, 0.25) is 0 Å². The van der Waals surface area contributed by atoms with Gasteiger partial charge in [0.1, 0.15) is 6.04 Å². The minimum Gasteiger partial charge on any atom is -0.374 e. The summed E-state index contributed by atoms with van der Waals surface area (Å²) in [5.74, 6) is -0.00400. The van der Waals surface area contributed by atoms with Gasteiger partial charge in [0.15, 0.2) is 0 Å². The van der Waals surface area contributed by atoms with Crippen LogP contribution >= 0.6 is 0 Å². The second-order valence-corrected chi connectivity index (χ2v) is 7.45. The van der Waals surface area contributed by atoms with Crippen LogP contribution in [0.25, 0.3) is 0 Å². The van der Waals surface area contributed by atoms with Crippen LogP contribution in [0.5, 0.6) is 0 Å². The van der Waals surface area contributed by atoms with Gasteiger partial charge in [-0.1, -0.05) is 45.2 Å². The van der Waals surface area contributed by atoms with E-state index in [4.69, 9.17) is 10.5 Å². The van der Waals surface area contributed by atoms with Gasteiger partial charge in [-0.3, -0.25) is 4.79 Å². The lowest BCUT2D eigenvalue weighted by Gasteiger charge is -2.22. The molecular formula is C20H31N3O3. The number of nitrogens with one attached hydrogen (secondary N) is 2. The van der Waals surface area contributed by atoms with Crippen LogP contribution in [0.1, 0.15) is 57.9 Å². The van der Waals surface area contributed by atoms with Crippen molar-refractivity contribution in [2.24, 2.45) is 11.7 Å². The predicted molar refractivity (Wildman–Crippen MR) is 103 cm³/mol. The number of amides is 3. The largest absolute Gasteiger partial charge is 0.374 e. The molecule has 2 rings (SSSR count). The van der Waals surface area contributed by atoms with E-state index in [9.17, 15) is 9.59 Å². The molecular weight excluding hydrogens is 330 g/mol. The lowest BCUT2D eigenvalue weighted by Crippen LogP contribution is -2.46. The van der Waals surface area contributed by atoms with E-state index >= 15 is 0 Å². The van der Waals surface area contributed by atoms with Crippen molar-refractivity contribution in [1.29, 1.82) is 0 Å². The third kappa shape index (κ3) is 7.04. The monoisotopic (exact) mass is 361 g/mol. The first-order valence-corrected chi connectivity index (χ1v) is 9.51. The van der Waals surface area contributed by atoms with Crippen molar-refractivity contribution in [2.45, 2.75) is 71.1 Å². The van der Waals surface area contributed by atoms with Crippen LogP contribution in [0.4, 0.5) is 10.5 Å². The molecule has 1 atom stereocenters. The summed E-state index contributed by atoms with van der Waals surface area (Å²) >= 11 is 0. The highest BCUT2D eigenvalue weighted by Gasteiger charge is 2.21. The number of primary amides is 1. The molecule has 144 valence electrons. The summed E-state index contributed by atoms with van der Waals surface area (Å²) in [5.41, 5.74) is 6.91. The number of benzene rings is 1. The summed E-state index contributed by atoms with van der Waals surface area (Å²) in [7, 11) is 0. The lowest BCUT2D eigenvalue weighted by atomic mass is 9.98. The Labute approximate surface area is 155 Å². The number of urea groups is 1. The maximum absolute atomic E-state index is 12.5. The van der Waals surface area contributed by atoms with E-state index < -0.39 is 12.1 Å². The Morgan fingerprint density at radius 2 is 1.96 bits per heavy atom. The molecule has 4 N–H and O–H groups in total. The molecule has 1 fully saturated rings. The second-order valence-electron chi connectivity index (χ2n) is 7.45. The summed E-state index contributed by atoms with van der Waals surface area (Å²) in [6.45, 7) is 4.53. The number of rotatable bonds is 8. The fraction of sp³-hybridized carbons (Fsp3) is 0.600.